The molecule has 0 saturated carbocycles. The Bertz CT molecular complexity index is 456. The summed E-state index contributed by atoms with van der Waals surface area (Å²) in [5.41, 5.74) is 8.75. The Hall–Kier alpha value is -1.35. The number of carbonyl (C=O) groups is 1. The monoisotopic (exact) mass is 260 g/mol. The lowest BCUT2D eigenvalue weighted by atomic mass is 9.94. The maximum Gasteiger partial charge on any atom is 0.224 e. The highest BCUT2D eigenvalue weighted by Gasteiger charge is 2.39. The maximum absolute atomic E-state index is 12.1. The number of hydrogen-bond acceptors (Lipinski definition) is 2. The molecule has 3 heteroatoms. The van der Waals surface area contributed by atoms with Crippen molar-refractivity contribution in [2.24, 2.45) is 11.7 Å². The summed E-state index contributed by atoms with van der Waals surface area (Å²) in [5.74, 6) is 0.655. The van der Waals surface area contributed by atoms with Crippen LogP contribution in [0.25, 0.3) is 0 Å². The summed E-state index contributed by atoms with van der Waals surface area (Å²) in [6, 6.07) is 8.31. The van der Waals surface area contributed by atoms with Gasteiger partial charge in [0.05, 0.1) is 6.04 Å². The lowest BCUT2D eigenvalue weighted by Crippen LogP contribution is -2.36. The molecule has 2 atom stereocenters. The average molecular weight is 260 g/mol. The van der Waals surface area contributed by atoms with E-state index in [0.29, 0.717) is 12.3 Å². The Morgan fingerprint density at radius 3 is 2.68 bits per heavy atom. The van der Waals surface area contributed by atoms with E-state index < -0.39 is 0 Å². The highest BCUT2D eigenvalue weighted by atomic mass is 16.2. The summed E-state index contributed by atoms with van der Waals surface area (Å²) in [6.07, 6.45) is 1.44. The molecule has 3 nitrogen and oxygen atoms in total. The Kier molecular flexibility index (Phi) is 4.25. The van der Waals surface area contributed by atoms with Gasteiger partial charge in [-0.1, -0.05) is 45.0 Å². The smallest absolute Gasteiger partial charge is 0.224 e. The molecule has 1 aliphatic rings. The summed E-state index contributed by atoms with van der Waals surface area (Å²) in [6.45, 7) is 7.21. The number of amides is 1. The molecular formula is C16H24N2O. The third-order valence-electron chi connectivity index (χ3n) is 3.79. The van der Waals surface area contributed by atoms with Gasteiger partial charge in [-0.25, -0.2) is 0 Å². The van der Waals surface area contributed by atoms with Crippen molar-refractivity contribution >= 4 is 5.91 Å². The number of benzene rings is 1. The second-order valence-electron chi connectivity index (χ2n) is 5.81. The molecule has 1 aromatic carbocycles. The number of likely N-dealkylation sites (tertiary alicyclic amines) is 1. The van der Waals surface area contributed by atoms with Crippen LogP contribution in [-0.2, 0) is 11.2 Å². The first-order chi connectivity index (χ1) is 9.04. The van der Waals surface area contributed by atoms with Gasteiger partial charge in [0.25, 0.3) is 0 Å². The Labute approximate surface area is 115 Å². The molecule has 1 fully saturated rings. The van der Waals surface area contributed by atoms with Crippen LogP contribution in [0.3, 0.4) is 0 Å². The molecule has 0 spiro atoms. The van der Waals surface area contributed by atoms with Gasteiger partial charge >= 0.3 is 0 Å². The Balaban J connectivity index is 2.36. The van der Waals surface area contributed by atoms with Crippen LogP contribution >= 0.6 is 0 Å². The molecule has 104 valence electrons. The van der Waals surface area contributed by atoms with Crippen molar-refractivity contribution in [2.75, 3.05) is 6.54 Å². The van der Waals surface area contributed by atoms with Crippen LogP contribution in [0.4, 0.5) is 0 Å². The molecule has 0 aromatic heterocycles. The minimum atomic E-state index is -0.0843. The van der Waals surface area contributed by atoms with Gasteiger partial charge in [0.2, 0.25) is 5.91 Å². The topological polar surface area (TPSA) is 46.3 Å². The van der Waals surface area contributed by atoms with Crippen LogP contribution in [0, 0.1) is 5.92 Å². The Morgan fingerprint density at radius 2 is 2.05 bits per heavy atom. The van der Waals surface area contributed by atoms with Crippen molar-refractivity contribution in [3.8, 4) is 0 Å². The predicted molar refractivity (Wildman–Crippen MR) is 77.7 cm³/mol. The van der Waals surface area contributed by atoms with E-state index >= 15 is 0 Å². The van der Waals surface area contributed by atoms with Gasteiger partial charge in [-0.05, 0) is 23.5 Å². The maximum atomic E-state index is 12.1. The van der Waals surface area contributed by atoms with E-state index in [1.807, 2.05) is 11.0 Å². The van der Waals surface area contributed by atoms with Gasteiger partial charge in [0.15, 0.2) is 0 Å². The quantitative estimate of drug-likeness (QED) is 0.904. The van der Waals surface area contributed by atoms with Crippen molar-refractivity contribution in [2.45, 2.75) is 45.7 Å². The van der Waals surface area contributed by atoms with Crippen molar-refractivity contribution in [3.63, 3.8) is 0 Å². The van der Waals surface area contributed by atoms with E-state index in [-0.39, 0.29) is 18.0 Å². The standard InChI is InChI=1S/C16H24N2O/c1-4-12-7-5-6-8-13(12)16-14(17)9-15(19)18(16)10-11(2)3/h5-8,11,14,16H,4,9-10,17H2,1-3H3. The molecule has 2 unspecified atom stereocenters. The highest BCUT2D eigenvalue weighted by molar-refractivity contribution is 5.80. The first kappa shape index (κ1) is 14.1. The van der Waals surface area contributed by atoms with Gasteiger partial charge in [0, 0.05) is 19.0 Å². The van der Waals surface area contributed by atoms with E-state index in [0.717, 1.165) is 13.0 Å². The fourth-order valence-electron chi connectivity index (χ4n) is 2.97. The summed E-state index contributed by atoms with van der Waals surface area (Å²) in [5, 5.41) is 0. The molecular weight excluding hydrogens is 236 g/mol. The minimum absolute atomic E-state index is 0.0473. The fourth-order valence-corrected chi connectivity index (χ4v) is 2.97. The first-order valence-corrected chi connectivity index (χ1v) is 7.17. The lowest BCUT2D eigenvalue weighted by Gasteiger charge is -2.30. The first-order valence-electron chi connectivity index (χ1n) is 7.17. The van der Waals surface area contributed by atoms with Crippen molar-refractivity contribution in [3.05, 3.63) is 35.4 Å². The molecule has 1 aromatic rings. The summed E-state index contributed by atoms with van der Waals surface area (Å²) in [4.78, 5) is 14.1. The predicted octanol–water partition coefficient (Wildman–Crippen LogP) is 2.51. The average Bonchev–Trinajstić information content (AvgIpc) is 2.63. The number of carbonyl (C=O) groups excluding carboxylic acids is 1. The van der Waals surface area contributed by atoms with Crippen LogP contribution in [-0.4, -0.2) is 23.4 Å². The molecule has 0 bridgehead atoms. The van der Waals surface area contributed by atoms with E-state index in [9.17, 15) is 4.79 Å². The van der Waals surface area contributed by atoms with Gasteiger partial charge < -0.3 is 10.6 Å². The zero-order valence-corrected chi connectivity index (χ0v) is 12.1. The van der Waals surface area contributed by atoms with Crippen LogP contribution in [0.15, 0.2) is 24.3 Å². The molecule has 0 aliphatic carbocycles. The van der Waals surface area contributed by atoms with Gasteiger partial charge in [0.1, 0.15) is 0 Å². The molecule has 1 aliphatic heterocycles. The third-order valence-corrected chi connectivity index (χ3v) is 3.79. The van der Waals surface area contributed by atoms with Crippen LogP contribution in [0.2, 0.25) is 0 Å². The van der Waals surface area contributed by atoms with Crippen molar-refractivity contribution in [1.82, 2.24) is 4.90 Å². The number of hydrogen-bond donors (Lipinski definition) is 1. The SMILES string of the molecule is CCc1ccccc1C1C(N)CC(=O)N1CC(C)C. The van der Waals surface area contributed by atoms with E-state index in [1.165, 1.54) is 11.1 Å². The number of rotatable bonds is 4. The third kappa shape index (κ3) is 2.81. The van der Waals surface area contributed by atoms with Gasteiger partial charge in [-0.15, -0.1) is 0 Å². The second-order valence-corrected chi connectivity index (χ2v) is 5.81. The van der Waals surface area contributed by atoms with Gasteiger partial charge in [-0.2, -0.15) is 0 Å². The molecule has 19 heavy (non-hydrogen) atoms. The van der Waals surface area contributed by atoms with Crippen LogP contribution in [0.1, 0.15) is 44.4 Å². The van der Waals surface area contributed by atoms with E-state index in [4.69, 9.17) is 5.73 Å². The Morgan fingerprint density at radius 1 is 1.37 bits per heavy atom. The summed E-state index contributed by atoms with van der Waals surface area (Å²) < 4.78 is 0. The minimum Gasteiger partial charge on any atom is -0.334 e. The zero-order valence-electron chi connectivity index (χ0n) is 12.1. The molecule has 0 radical (unpaired) electrons. The lowest BCUT2D eigenvalue weighted by molar-refractivity contribution is -0.129. The normalized spacial score (nSPS) is 23.4. The largest absolute Gasteiger partial charge is 0.334 e. The van der Waals surface area contributed by atoms with Gasteiger partial charge in [-0.3, -0.25) is 4.79 Å². The van der Waals surface area contributed by atoms with Crippen LogP contribution < -0.4 is 5.73 Å². The molecule has 1 saturated heterocycles. The van der Waals surface area contributed by atoms with Crippen LogP contribution in [0.5, 0.6) is 0 Å². The number of nitrogens with zero attached hydrogens (tertiary/aromatic N) is 1. The number of nitrogens with two attached hydrogens (primary N) is 1. The zero-order chi connectivity index (χ0) is 14.0. The highest BCUT2D eigenvalue weighted by Crippen LogP contribution is 2.34. The second kappa shape index (κ2) is 5.74. The van der Waals surface area contributed by atoms with E-state index in [1.54, 1.807) is 0 Å². The molecule has 1 heterocycles. The number of aryl methyl sites for hydroxylation is 1. The molecule has 2 rings (SSSR count). The fraction of sp³-hybridized carbons (Fsp3) is 0.562. The van der Waals surface area contributed by atoms with Crippen molar-refractivity contribution in [1.29, 1.82) is 0 Å². The van der Waals surface area contributed by atoms with E-state index in [2.05, 4.69) is 39.0 Å². The molecule has 1 amide bonds. The summed E-state index contributed by atoms with van der Waals surface area (Å²) >= 11 is 0. The molecule has 2 N–H and O–H groups in total. The van der Waals surface area contributed by atoms with Crippen molar-refractivity contribution < 1.29 is 4.79 Å². The summed E-state index contributed by atoms with van der Waals surface area (Å²) in [7, 11) is 0.